The van der Waals surface area contributed by atoms with E-state index in [2.05, 4.69) is 23.0 Å². The Bertz CT molecular complexity index is 1100. The number of nitrogens with one attached hydrogen (secondary N) is 1. The van der Waals surface area contributed by atoms with Crippen molar-refractivity contribution in [3.63, 3.8) is 0 Å². The van der Waals surface area contributed by atoms with Crippen LogP contribution in [0, 0.1) is 28.5 Å². The third kappa shape index (κ3) is 5.21. The lowest BCUT2D eigenvalue weighted by Crippen LogP contribution is -2.32. The Balaban J connectivity index is 2.02. The fourth-order valence-corrected chi connectivity index (χ4v) is 3.88. The van der Waals surface area contributed by atoms with Crippen LogP contribution in [0.5, 0.6) is 0 Å². The second-order valence-electron chi connectivity index (χ2n) is 8.11. The van der Waals surface area contributed by atoms with Crippen LogP contribution in [0.4, 0.5) is 15.8 Å². The molecule has 7 heteroatoms. The molecule has 0 saturated carbocycles. The molecule has 166 valence electrons. The number of hydrogen-bond acceptors (Lipinski definition) is 5. The summed E-state index contributed by atoms with van der Waals surface area (Å²) in [6.07, 6.45) is 6.21. The molecule has 1 unspecified atom stereocenters. The van der Waals surface area contributed by atoms with Gasteiger partial charge in [-0.05, 0) is 75.7 Å². The molecule has 0 radical (unpaired) electrons. The number of rotatable bonds is 5. The zero-order chi connectivity index (χ0) is 23.3. The van der Waals surface area contributed by atoms with Crippen molar-refractivity contribution in [3.05, 3.63) is 71.2 Å². The molecule has 2 aromatic rings. The van der Waals surface area contributed by atoms with Gasteiger partial charge in [-0.25, -0.2) is 4.39 Å². The minimum Gasteiger partial charge on any atom is -0.398 e. The average molecular weight is 433 g/mol. The first-order valence-corrected chi connectivity index (χ1v) is 10.6. The number of nitrogen functional groups attached to an aromatic ring is 1. The van der Waals surface area contributed by atoms with E-state index in [9.17, 15) is 4.39 Å². The second-order valence-corrected chi connectivity index (χ2v) is 8.11. The molecule has 2 aromatic carbocycles. The minimum atomic E-state index is -0.639. The van der Waals surface area contributed by atoms with Crippen LogP contribution in [-0.4, -0.2) is 43.6 Å². The van der Waals surface area contributed by atoms with Crippen LogP contribution < -0.4 is 10.6 Å². The molecular formula is C25H29FN6. The first kappa shape index (κ1) is 23.2. The van der Waals surface area contributed by atoms with Crippen LogP contribution in [0.2, 0.25) is 0 Å². The summed E-state index contributed by atoms with van der Waals surface area (Å²) in [4.78, 5) is 8.26. The van der Waals surface area contributed by atoms with E-state index in [1.54, 1.807) is 24.1 Å². The zero-order valence-electron chi connectivity index (χ0n) is 18.8. The van der Waals surface area contributed by atoms with E-state index in [0.29, 0.717) is 17.2 Å². The number of halogens is 1. The smallest absolute Gasteiger partial charge is 0.141 e. The molecule has 0 bridgehead atoms. The molecule has 32 heavy (non-hydrogen) atoms. The molecule has 1 saturated heterocycles. The van der Waals surface area contributed by atoms with E-state index in [1.807, 2.05) is 31.3 Å². The van der Waals surface area contributed by atoms with Crippen molar-refractivity contribution in [2.75, 3.05) is 37.8 Å². The number of benzene rings is 2. The van der Waals surface area contributed by atoms with Gasteiger partial charge in [0.15, 0.2) is 0 Å². The Labute approximate surface area is 189 Å². The van der Waals surface area contributed by atoms with Crippen molar-refractivity contribution in [2.45, 2.75) is 19.8 Å². The molecule has 0 aliphatic carbocycles. The summed E-state index contributed by atoms with van der Waals surface area (Å²) in [5.74, 6) is -0.163. The Morgan fingerprint density at radius 3 is 2.78 bits per heavy atom. The normalized spacial score (nSPS) is 17.3. The van der Waals surface area contributed by atoms with Crippen LogP contribution >= 0.6 is 0 Å². The molecule has 0 amide bonds. The first-order valence-electron chi connectivity index (χ1n) is 10.6. The summed E-state index contributed by atoms with van der Waals surface area (Å²) in [6.45, 7) is 3.93. The highest BCUT2D eigenvalue weighted by Gasteiger charge is 2.18. The number of nitriles is 1. The number of amidine groups is 1. The lowest BCUT2D eigenvalue weighted by Gasteiger charge is -2.29. The maximum Gasteiger partial charge on any atom is 0.141 e. The maximum absolute atomic E-state index is 14.3. The quantitative estimate of drug-likeness (QED) is 0.416. The van der Waals surface area contributed by atoms with E-state index in [0.717, 1.165) is 42.9 Å². The van der Waals surface area contributed by atoms with Crippen molar-refractivity contribution < 1.29 is 4.39 Å². The fraction of sp³-hybridized carbons (Fsp3) is 0.320. The predicted octanol–water partition coefficient (Wildman–Crippen LogP) is 4.41. The third-order valence-electron chi connectivity index (χ3n) is 5.81. The van der Waals surface area contributed by atoms with Crippen molar-refractivity contribution >= 4 is 22.9 Å². The fourth-order valence-electron chi connectivity index (χ4n) is 3.88. The molecule has 1 atom stereocenters. The van der Waals surface area contributed by atoms with Crippen molar-refractivity contribution in [3.8, 4) is 6.07 Å². The first-order chi connectivity index (χ1) is 15.3. The lowest BCUT2D eigenvalue weighted by molar-refractivity contribution is 0.237. The maximum atomic E-state index is 14.3. The molecular weight excluding hydrogens is 403 g/mol. The van der Waals surface area contributed by atoms with Crippen molar-refractivity contribution in [1.29, 1.82) is 10.7 Å². The number of anilines is 2. The highest BCUT2D eigenvalue weighted by atomic mass is 19.1. The SMILES string of the molecule is CN=C(C)c1cc(N(/C=C/C2CCCN(C)C2)C(=N)c2ccc(C#N)c(F)c2)ccc1N. The van der Waals surface area contributed by atoms with Crippen LogP contribution in [0.15, 0.2) is 53.7 Å². The molecule has 3 N–H and O–H groups in total. The summed E-state index contributed by atoms with van der Waals surface area (Å²) in [5.41, 5.74) is 9.40. The lowest BCUT2D eigenvalue weighted by atomic mass is 9.98. The standard InChI is InChI=1S/C25H29FN6/c1-17(30-2)22-14-21(8-9-24(22)28)32(12-10-18-5-4-11-31(3)16-18)25(29)19-6-7-20(15-27)23(26)13-19/h6-10,12-14,18,29H,4-5,11,16,28H2,1-3H3/b12-10+,29-25?,30-17?. The van der Waals surface area contributed by atoms with Crippen LogP contribution in [0.25, 0.3) is 0 Å². The molecule has 1 heterocycles. The Hall–Kier alpha value is -3.50. The van der Waals surface area contributed by atoms with E-state index in [1.165, 1.54) is 12.1 Å². The minimum absolute atomic E-state index is 0.0431. The molecule has 0 aromatic heterocycles. The van der Waals surface area contributed by atoms with Gasteiger partial charge in [-0.1, -0.05) is 6.08 Å². The number of aliphatic imine (C=N–C) groups is 1. The Morgan fingerprint density at radius 2 is 2.12 bits per heavy atom. The van der Waals surface area contributed by atoms with Gasteiger partial charge in [0.05, 0.1) is 5.56 Å². The van der Waals surface area contributed by atoms with Crippen molar-refractivity contribution in [1.82, 2.24) is 4.90 Å². The van der Waals surface area contributed by atoms with E-state index in [4.69, 9.17) is 16.4 Å². The van der Waals surface area contributed by atoms with Gasteiger partial charge in [0.1, 0.15) is 17.7 Å². The van der Waals surface area contributed by atoms with Gasteiger partial charge in [-0.3, -0.25) is 10.4 Å². The molecule has 1 fully saturated rings. The number of likely N-dealkylation sites (tertiary alicyclic amines) is 1. The van der Waals surface area contributed by atoms with Crippen LogP contribution in [0.3, 0.4) is 0 Å². The zero-order valence-corrected chi connectivity index (χ0v) is 18.8. The predicted molar refractivity (Wildman–Crippen MR) is 129 cm³/mol. The Morgan fingerprint density at radius 1 is 1.34 bits per heavy atom. The third-order valence-corrected chi connectivity index (χ3v) is 5.81. The topological polar surface area (TPSA) is 92.5 Å². The molecule has 1 aliphatic heterocycles. The molecule has 6 nitrogen and oxygen atoms in total. The summed E-state index contributed by atoms with van der Waals surface area (Å²) >= 11 is 0. The van der Waals surface area contributed by atoms with Gasteiger partial charge in [0.25, 0.3) is 0 Å². The average Bonchev–Trinajstić information content (AvgIpc) is 2.79. The largest absolute Gasteiger partial charge is 0.398 e. The van der Waals surface area contributed by atoms with Crippen LogP contribution in [0.1, 0.15) is 36.5 Å². The van der Waals surface area contributed by atoms with Crippen molar-refractivity contribution in [2.24, 2.45) is 10.9 Å². The van der Waals surface area contributed by atoms with Gasteiger partial charge in [0.2, 0.25) is 0 Å². The second kappa shape index (κ2) is 10.2. The summed E-state index contributed by atoms with van der Waals surface area (Å²) < 4.78 is 14.3. The van der Waals surface area contributed by atoms with Gasteiger partial charge in [0, 0.05) is 48.0 Å². The van der Waals surface area contributed by atoms with E-state index in [-0.39, 0.29) is 11.4 Å². The highest BCUT2D eigenvalue weighted by Crippen LogP contribution is 2.26. The molecule has 1 aliphatic rings. The summed E-state index contributed by atoms with van der Waals surface area (Å²) in [7, 11) is 3.82. The van der Waals surface area contributed by atoms with Crippen LogP contribution in [-0.2, 0) is 0 Å². The van der Waals surface area contributed by atoms with Gasteiger partial charge in [-0.15, -0.1) is 0 Å². The van der Waals surface area contributed by atoms with Gasteiger partial charge in [-0.2, -0.15) is 5.26 Å². The van der Waals surface area contributed by atoms with E-state index >= 15 is 0 Å². The number of nitrogens with zero attached hydrogens (tertiary/aromatic N) is 4. The van der Waals surface area contributed by atoms with E-state index < -0.39 is 5.82 Å². The summed E-state index contributed by atoms with van der Waals surface area (Å²) in [6, 6.07) is 11.6. The summed E-state index contributed by atoms with van der Waals surface area (Å²) in [5, 5.41) is 17.9. The number of hydrogen-bond donors (Lipinski definition) is 2. The highest BCUT2D eigenvalue weighted by molar-refractivity contribution is 6.10. The monoisotopic (exact) mass is 432 g/mol. The Kier molecular flexibility index (Phi) is 7.39. The number of piperidine rings is 1. The molecule has 0 spiro atoms. The number of nitrogens with two attached hydrogens (primary N) is 1. The van der Waals surface area contributed by atoms with Gasteiger partial charge < -0.3 is 15.5 Å². The van der Waals surface area contributed by atoms with Gasteiger partial charge >= 0.3 is 0 Å². The molecule has 3 rings (SSSR count).